The molecule has 2 aromatic rings. The predicted octanol–water partition coefficient (Wildman–Crippen LogP) is 3.13. The maximum Gasteiger partial charge on any atom is 0.251 e. The average molecular weight is 313 g/mol. The van der Waals surface area contributed by atoms with Crippen molar-refractivity contribution in [3.63, 3.8) is 0 Å². The number of ether oxygens (including phenoxy) is 3. The van der Waals surface area contributed by atoms with Gasteiger partial charge in [-0.15, -0.1) is 0 Å². The van der Waals surface area contributed by atoms with Crippen LogP contribution >= 0.6 is 0 Å². The van der Waals surface area contributed by atoms with Crippen molar-refractivity contribution in [1.29, 1.82) is 0 Å². The van der Waals surface area contributed by atoms with Crippen LogP contribution in [0.4, 0.5) is 0 Å². The van der Waals surface area contributed by atoms with Crippen LogP contribution in [-0.2, 0) is 6.54 Å². The molecule has 120 valence electrons. The average Bonchev–Trinajstić information content (AvgIpc) is 3.06. The van der Waals surface area contributed by atoms with Gasteiger partial charge in [-0.2, -0.15) is 0 Å². The Morgan fingerprint density at radius 1 is 1.13 bits per heavy atom. The van der Waals surface area contributed by atoms with Crippen LogP contribution < -0.4 is 19.5 Å². The number of carbonyl (C=O) groups is 1. The van der Waals surface area contributed by atoms with Crippen molar-refractivity contribution in [3.8, 4) is 17.2 Å². The summed E-state index contributed by atoms with van der Waals surface area (Å²) >= 11 is 0. The lowest BCUT2D eigenvalue weighted by molar-refractivity contribution is 0.0950. The molecule has 5 heteroatoms. The Morgan fingerprint density at radius 3 is 2.70 bits per heavy atom. The van der Waals surface area contributed by atoms with E-state index in [0.29, 0.717) is 30.2 Å². The first-order valence-electron chi connectivity index (χ1n) is 7.66. The third-order valence-electron chi connectivity index (χ3n) is 3.48. The summed E-state index contributed by atoms with van der Waals surface area (Å²) in [5.41, 5.74) is 1.57. The lowest BCUT2D eigenvalue weighted by Gasteiger charge is -2.08. The quantitative estimate of drug-likeness (QED) is 0.890. The van der Waals surface area contributed by atoms with Gasteiger partial charge in [-0.3, -0.25) is 4.79 Å². The van der Waals surface area contributed by atoms with E-state index in [1.807, 2.05) is 24.3 Å². The van der Waals surface area contributed by atoms with Crippen molar-refractivity contribution in [2.24, 2.45) is 0 Å². The van der Waals surface area contributed by atoms with Crippen LogP contribution in [0, 0.1) is 0 Å². The number of amides is 1. The van der Waals surface area contributed by atoms with Crippen molar-refractivity contribution < 1.29 is 19.0 Å². The summed E-state index contributed by atoms with van der Waals surface area (Å²) in [4.78, 5) is 12.2. The van der Waals surface area contributed by atoms with Gasteiger partial charge < -0.3 is 19.5 Å². The van der Waals surface area contributed by atoms with Gasteiger partial charge in [-0.1, -0.05) is 19.1 Å². The van der Waals surface area contributed by atoms with Gasteiger partial charge in [0.2, 0.25) is 6.79 Å². The summed E-state index contributed by atoms with van der Waals surface area (Å²) in [5, 5.41) is 2.89. The second-order valence-corrected chi connectivity index (χ2v) is 5.24. The molecule has 0 fully saturated rings. The lowest BCUT2D eigenvalue weighted by atomic mass is 10.1. The highest BCUT2D eigenvalue weighted by molar-refractivity contribution is 5.94. The molecule has 23 heavy (non-hydrogen) atoms. The molecule has 0 unspecified atom stereocenters. The molecule has 0 radical (unpaired) electrons. The van der Waals surface area contributed by atoms with E-state index >= 15 is 0 Å². The zero-order valence-corrected chi connectivity index (χ0v) is 13.0. The summed E-state index contributed by atoms with van der Waals surface area (Å²) in [6.07, 6.45) is 0.980. The first kappa shape index (κ1) is 15.2. The highest BCUT2D eigenvalue weighted by Gasteiger charge is 2.15. The molecule has 0 spiro atoms. The monoisotopic (exact) mass is 313 g/mol. The molecule has 3 rings (SSSR count). The first-order chi connectivity index (χ1) is 11.3. The van der Waals surface area contributed by atoms with Gasteiger partial charge >= 0.3 is 0 Å². The Hall–Kier alpha value is -2.69. The zero-order chi connectivity index (χ0) is 16.1. The van der Waals surface area contributed by atoms with Crippen molar-refractivity contribution in [3.05, 3.63) is 53.6 Å². The number of hydrogen-bond acceptors (Lipinski definition) is 4. The van der Waals surface area contributed by atoms with Crippen molar-refractivity contribution in [1.82, 2.24) is 5.32 Å². The maximum atomic E-state index is 12.2. The molecule has 1 aliphatic heterocycles. The van der Waals surface area contributed by atoms with Gasteiger partial charge in [0.25, 0.3) is 5.91 Å². The van der Waals surface area contributed by atoms with E-state index in [2.05, 4.69) is 12.2 Å². The molecule has 1 amide bonds. The van der Waals surface area contributed by atoms with Crippen LogP contribution in [0.2, 0.25) is 0 Å². The Kier molecular flexibility index (Phi) is 4.66. The van der Waals surface area contributed by atoms with Crippen molar-refractivity contribution in [2.75, 3.05) is 13.4 Å². The minimum absolute atomic E-state index is 0.144. The van der Waals surface area contributed by atoms with Gasteiger partial charge in [-0.25, -0.2) is 0 Å². The summed E-state index contributed by atoms with van der Waals surface area (Å²) in [6.45, 7) is 3.44. The number of hydrogen-bond donors (Lipinski definition) is 1. The van der Waals surface area contributed by atoms with E-state index in [4.69, 9.17) is 14.2 Å². The molecule has 1 heterocycles. The highest BCUT2D eigenvalue weighted by Crippen LogP contribution is 2.32. The Labute approximate surface area is 135 Å². The largest absolute Gasteiger partial charge is 0.494 e. The molecule has 1 aliphatic rings. The molecule has 0 saturated heterocycles. The first-order valence-corrected chi connectivity index (χ1v) is 7.66. The van der Waals surface area contributed by atoms with E-state index in [1.54, 1.807) is 18.2 Å². The third kappa shape index (κ3) is 3.74. The molecule has 2 aromatic carbocycles. The number of rotatable bonds is 6. The van der Waals surface area contributed by atoms with Gasteiger partial charge in [-0.05, 0) is 42.3 Å². The number of nitrogens with one attached hydrogen (secondary N) is 1. The van der Waals surface area contributed by atoms with E-state index in [9.17, 15) is 4.79 Å². The molecular weight excluding hydrogens is 294 g/mol. The van der Waals surface area contributed by atoms with Crippen LogP contribution in [-0.4, -0.2) is 19.3 Å². The molecule has 0 aromatic heterocycles. The summed E-state index contributed by atoms with van der Waals surface area (Å²) in [5.74, 6) is 1.98. The zero-order valence-electron chi connectivity index (χ0n) is 13.0. The smallest absolute Gasteiger partial charge is 0.251 e. The van der Waals surface area contributed by atoms with Crippen LogP contribution in [0.15, 0.2) is 42.5 Å². The van der Waals surface area contributed by atoms with Crippen LogP contribution in [0.1, 0.15) is 29.3 Å². The second-order valence-electron chi connectivity index (χ2n) is 5.24. The fourth-order valence-corrected chi connectivity index (χ4v) is 2.25. The van der Waals surface area contributed by atoms with E-state index in [-0.39, 0.29) is 12.7 Å². The lowest BCUT2D eigenvalue weighted by Crippen LogP contribution is -2.22. The number of fused-ring (bicyclic) bond motifs is 1. The molecule has 0 aliphatic carbocycles. The van der Waals surface area contributed by atoms with Gasteiger partial charge in [0.15, 0.2) is 11.5 Å². The standard InChI is InChI=1S/C18H19NO4/c1-2-9-21-15-6-3-13(4-7-15)11-19-18(20)14-5-8-16-17(10-14)23-12-22-16/h3-8,10H,2,9,11-12H2,1H3,(H,19,20). The van der Waals surface area contributed by atoms with Gasteiger partial charge in [0.1, 0.15) is 5.75 Å². The predicted molar refractivity (Wildman–Crippen MR) is 86.0 cm³/mol. The highest BCUT2D eigenvalue weighted by atomic mass is 16.7. The third-order valence-corrected chi connectivity index (χ3v) is 3.48. The number of carbonyl (C=O) groups excluding carboxylic acids is 1. The fourth-order valence-electron chi connectivity index (χ4n) is 2.25. The van der Waals surface area contributed by atoms with E-state index < -0.39 is 0 Å². The summed E-state index contributed by atoms with van der Waals surface area (Å²) < 4.78 is 16.1. The molecular formula is C18H19NO4. The Bertz CT molecular complexity index is 682. The van der Waals surface area contributed by atoms with Gasteiger partial charge in [0.05, 0.1) is 6.61 Å². The molecule has 0 bridgehead atoms. The van der Waals surface area contributed by atoms with E-state index in [1.165, 1.54) is 0 Å². The Balaban J connectivity index is 1.56. The minimum atomic E-state index is -0.144. The fraction of sp³-hybridized carbons (Fsp3) is 0.278. The normalized spacial score (nSPS) is 12.0. The Morgan fingerprint density at radius 2 is 1.91 bits per heavy atom. The maximum absolute atomic E-state index is 12.2. The summed E-state index contributed by atoms with van der Waals surface area (Å²) in [6, 6.07) is 12.9. The van der Waals surface area contributed by atoms with Crippen molar-refractivity contribution in [2.45, 2.75) is 19.9 Å². The second kappa shape index (κ2) is 7.05. The van der Waals surface area contributed by atoms with E-state index in [0.717, 1.165) is 17.7 Å². The summed E-state index contributed by atoms with van der Waals surface area (Å²) in [7, 11) is 0. The topological polar surface area (TPSA) is 56.8 Å². The van der Waals surface area contributed by atoms with Gasteiger partial charge in [0, 0.05) is 12.1 Å². The number of benzene rings is 2. The van der Waals surface area contributed by atoms with Crippen LogP contribution in [0.25, 0.3) is 0 Å². The minimum Gasteiger partial charge on any atom is -0.494 e. The molecule has 5 nitrogen and oxygen atoms in total. The molecule has 0 saturated carbocycles. The SMILES string of the molecule is CCCOc1ccc(CNC(=O)c2ccc3c(c2)OCO3)cc1. The molecule has 1 N–H and O–H groups in total. The molecule has 0 atom stereocenters. The van der Waals surface area contributed by atoms with Crippen LogP contribution in [0.3, 0.4) is 0 Å². The van der Waals surface area contributed by atoms with Crippen LogP contribution in [0.5, 0.6) is 17.2 Å². The van der Waals surface area contributed by atoms with Crippen molar-refractivity contribution >= 4 is 5.91 Å².